The fourth-order valence-corrected chi connectivity index (χ4v) is 4.41. The van der Waals surface area contributed by atoms with Gasteiger partial charge in [0.25, 0.3) is 0 Å². The van der Waals surface area contributed by atoms with Crippen LogP contribution in [0.3, 0.4) is 0 Å². The van der Waals surface area contributed by atoms with Crippen LogP contribution < -0.4 is 14.8 Å². The van der Waals surface area contributed by atoms with Crippen LogP contribution in [0, 0.1) is 0 Å². The second-order valence-electron chi connectivity index (χ2n) is 5.72. The topological polar surface area (TPSA) is 73.3 Å². The number of thioether (sulfide) groups is 1. The van der Waals surface area contributed by atoms with Gasteiger partial charge in [0.15, 0.2) is 11.5 Å². The zero-order valence-corrected chi connectivity index (χ0v) is 15.8. The predicted octanol–water partition coefficient (Wildman–Crippen LogP) is 3.39. The largest absolute Gasteiger partial charge is 0.454 e. The predicted molar refractivity (Wildman–Crippen MR) is 102 cm³/mol. The molecule has 3 aromatic rings. The van der Waals surface area contributed by atoms with Gasteiger partial charge in [0, 0.05) is 16.8 Å². The number of fused-ring (bicyclic) bond motifs is 2. The molecule has 0 atom stereocenters. The molecule has 26 heavy (non-hydrogen) atoms. The molecule has 0 saturated carbocycles. The number of hydrogen-bond acceptors (Lipinski definition) is 7. The minimum Gasteiger partial charge on any atom is -0.454 e. The molecule has 0 fully saturated rings. The van der Waals surface area contributed by atoms with Crippen LogP contribution in [-0.2, 0) is 17.8 Å². The SMILES string of the molecule is CCc1cc2c(SCC(=O)NCc3ccc4c(c3)OCO4)ncnc2s1. The lowest BCUT2D eigenvalue weighted by Crippen LogP contribution is -2.24. The van der Waals surface area contributed by atoms with Crippen molar-refractivity contribution in [2.75, 3.05) is 12.5 Å². The van der Waals surface area contributed by atoms with Crippen molar-refractivity contribution in [1.82, 2.24) is 15.3 Å². The highest BCUT2D eigenvalue weighted by molar-refractivity contribution is 8.00. The lowest BCUT2D eigenvalue weighted by Gasteiger charge is -2.06. The van der Waals surface area contributed by atoms with Gasteiger partial charge < -0.3 is 14.8 Å². The zero-order chi connectivity index (χ0) is 17.9. The van der Waals surface area contributed by atoms with Crippen molar-refractivity contribution in [1.29, 1.82) is 0 Å². The summed E-state index contributed by atoms with van der Waals surface area (Å²) in [6.07, 6.45) is 2.53. The molecule has 134 valence electrons. The highest BCUT2D eigenvalue weighted by Crippen LogP contribution is 2.33. The van der Waals surface area contributed by atoms with Crippen LogP contribution in [0.1, 0.15) is 17.4 Å². The molecular formula is C18H17N3O3S2. The third-order valence-corrected chi connectivity index (χ3v) is 6.15. The summed E-state index contributed by atoms with van der Waals surface area (Å²) >= 11 is 3.11. The maximum absolute atomic E-state index is 12.2. The fourth-order valence-electron chi connectivity index (χ4n) is 2.61. The van der Waals surface area contributed by atoms with Crippen molar-refractivity contribution < 1.29 is 14.3 Å². The Morgan fingerprint density at radius 2 is 2.15 bits per heavy atom. The molecule has 0 aliphatic carbocycles. The fraction of sp³-hybridized carbons (Fsp3) is 0.278. The summed E-state index contributed by atoms with van der Waals surface area (Å²) in [6, 6.07) is 7.79. The van der Waals surface area contributed by atoms with E-state index in [1.165, 1.54) is 16.6 Å². The number of amides is 1. The number of carbonyl (C=O) groups excluding carboxylic acids is 1. The molecule has 1 amide bonds. The minimum absolute atomic E-state index is 0.0367. The molecule has 1 aliphatic rings. The summed E-state index contributed by atoms with van der Waals surface area (Å²) in [4.78, 5) is 23.1. The summed E-state index contributed by atoms with van der Waals surface area (Å²) in [5, 5.41) is 4.81. The zero-order valence-electron chi connectivity index (χ0n) is 14.2. The van der Waals surface area contributed by atoms with Crippen molar-refractivity contribution in [3.05, 3.63) is 41.0 Å². The quantitative estimate of drug-likeness (QED) is 0.516. The first-order valence-corrected chi connectivity index (χ1v) is 10.0. The number of ether oxygens (including phenoxy) is 2. The van der Waals surface area contributed by atoms with Gasteiger partial charge in [0.2, 0.25) is 12.7 Å². The van der Waals surface area contributed by atoms with Crippen LogP contribution in [0.25, 0.3) is 10.2 Å². The van der Waals surface area contributed by atoms with E-state index in [2.05, 4.69) is 28.3 Å². The van der Waals surface area contributed by atoms with E-state index >= 15 is 0 Å². The Bertz CT molecular complexity index is 958. The van der Waals surface area contributed by atoms with Crippen molar-refractivity contribution >= 4 is 39.2 Å². The smallest absolute Gasteiger partial charge is 0.231 e. The summed E-state index contributed by atoms with van der Waals surface area (Å²) in [5.74, 6) is 1.74. The van der Waals surface area contributed by atoms with Crippen molar-refractivity contribution in [3.63, 3.8) is 0 Å². The summed E-state index contributed by atoms with van der Waals surface area (Å²) in [6.45, 7) is 2.82. The molecule has 1 aromatic carbocycles. The molecule has 0 radical (unpaired) electrons. The number of thiophene rings is 1. The maximum atomic E-state index is 12.2. The molecule has 0 bridgehead atoms. The molecule has 0 unspecified atom stereocenters. The highest BCUT2D eigenvalue weighted by Gasteiger charge is 2.14. The van der Waals surface area contributed by atoms with E-state index in [-0.39, 0.29) is 12.7 Å². The first-order valence-electron chi connectivity index (χ1n) is 8.24. The monoisotopic (exact) mass is 387 g/mol. The van der Waals surface area contributed by atoms with E-state index in [0.717, 1.165) is 38.7 Å². The Kier molecular flexibility index (Phi) is 4.94. The van der Waals surface area contributed by atoms with Crippen LogP contribution in [0.15, 0.2) is 35.6 Å². The molecule has 1 N–H and O–H groups in total. The van der Waals surface area contributed by atoms with E-state index in [1.54, 1.807) is 17.7 Å². The third-order valence-electron chi connectivity index (χ3n) is 3.96. The second kappa shape index (κ2) is 7.51. The number of carbonyl (C=O) groups is 1. The van der Waals surface area contributed by atoms with E-state index in [4.69, 9.17) is 9.47 Å². The van der Waals surface area contributed by atoms with E-state index in [1.807, 2.05) is 18.2 Å². The number of rotatable bonds is 6. The van der Waals surface area contributed by atoms with Crippen LogP contribution in [0.5, 0.6) is 11.5 Å². The van der Waals surface area contributed by atoms with Gasteiger partial charge in [-0.15, -0.1) is 11.3 Å². The Labute approximate surface area is 158 Å². The lowest BCUT2D eigenvalue weighted by atomic mass is 10.2. The Morgan fingerprint density at radius 1 is 1.27 bits per heavy atom. The van der Waals surface area contributed by atoms with Crippen LogP contribution in [-0.4, -0.2) is 28.4 Å². The van der Waals surface area contributed by atoms with Crippen LogP contribution in [0.2, 0.25) is 0 Å². The van der Waals surface area contributed by atoms with E-state index in [0.29, 0.717) is 12.3 Å². The van der Waals surface area contributed by atoms with Gasteiger partial charge in [-0.1, -0.05) is 24.8 Å². The first-order chi connectivity index (χ1) is 12.7. The number of benzene rings is 1. The average Bonchev–Trinajstić information content (AvgIpc) is 3.30. The molecule has 2 aromatic heterocycles. The first kappa shape index (κ1) is 17.1. The van der Waals surface area contributed by atoms with Crippen molar-refractivity contribution in [2.24, 2.45) is 0 Å². The van der Waals surface area contributed by atoms with Crippen molar-refractivity contribution in [2.45, 2.75) is 24.9 Å². The van der Waals surface area contributed by atoms with E-state index < -0.39 is 0 Å². The Balaban J connectivity index is 1.35. The number of aryl methyl sites for hydroxylation is 1. The molecule has 3 heterocycles. The van der Waals surface area contributed by atoms with Gasteiger partial charge >= 0.3 is 0 Å². The average molecular weight is 387 g/mol. The van der Waals surface area contributed by atoms with Crippen molar-refractivity contribution in [3.8, 4) is 11.5 Å². The minimum atomic E-state index is -0.0367. The van der Waals surface area contributed by atoms with Crippen LogP contribution >= 0.6 is 23.1 Å². The molecule has 6 nitrogen and oxygen atoms in total. The molecule has 0 spiro atoms. The third kappa shape index (κ3) is 3.61. The number of nitrogens with zero attached hydrogens (tertiary/aromatic N) is 2. The Morgan fingerprint density at radius 3 is 3.04 bits per heavy atom. The summed E-state index contributed by atoms with van der Waals surface area (Å²) in [7, 11) is 0. The summed E-state index contributed by atoms with van der Waals surface area (Å²) < 4.78 is 10.6. The lowest BCUT2D eigenvalue weighted by molar-refractivity contribution is -0.118. The highest BCUT2D eigenvalue weighted by atomic mass is 32.2. The summed E-state index contributed by atoms with van der Waals surface area (Å²) in [5.41, 5.74) is 0.974. The number of nitrogens with one attached hydrogen (secondary N) is 1. The molecule has 1 aliphatic heterocycles. The standard InChI is InChI=1S/C18H17N3O3S2/c1-2-12-6-13-17(20-9-21-18(13)26-12)25-8-16(22)19-7-11-3-4-14-15(5-11)24-10-23-14/h3-6,9H,2,7-8,10H2,1H3,(H,19,22). The van der Waals surface area contributed by atoms with Gasteiger partial charge in [0.05, 0.1) is 5.75 Å². The van der Waals surface area contributed by atoms with Gasteiger partial charge in [-0.2, -0.15) is 0 Å². The number of aromatic nitrogens is 2. The van der Waals surface area contributed by atoms with Gasteiger partial charge in [-0.3, -0.25) is 4.79 Å². The molecule has 8 heteroatoms. The molecule has 4 rings (SSSR count). The molecule has 0 saturated heterocycles. The van der Waals surface area contributed by atoms with Gasteiger partial charge in [-0.25, -0.2) is 9.97 Å². The normalized spacial score (nSPS) is 12.5. The molecular weight excluding hydrogens is 370 g/mol. The van der Waals surface area contributed by atoms with Crippen LogP contribution in [0.4, 0.5) is 0 Å². The number of hydrogen-bond donors (Lipinski definition) is 1. The van der Waals surface area contributed by atoms with Gasteiger partial charge in [0.1, 0.15) is 16.2 Å². The maximum Gasteiger partial charge on any atom is 0.231 e. The van der Waals surface area contributed by atoms with Gasteiger partial charge in [-0.05, 0) is 30.2 Å². The second-order valence-corrected chi connectivity index (χ2v) is 7.80. The Hall–Kier alpha value is -2.32. The van der Waals surface area contributed by atoms with E-state index in [9.17, 15) is 4.79 Å².